The van der Waals surface area contributed by atoms with Crippen LogP contribution in [0.5, 0.6) is 5.75 Å². The second kappa shape index (κ2) is 9.54. The molecule has 0 unspecified atom stereocenters. The SMILES string of the molecule is Cc1noc(C)c1-c1nc(CN2CCN(C[C@@H](O)COc3ccccc3F)CC2)no1. The van der Waals surface area contributed by atoms with Crippen LogP contribution in [0.4, 0.5) is 4.39 Å². The van der Waals surface area contributed by atoms with Crippen LogP contribution in [0.15, 0.2) is 33.3 Å². The molecule has 31 heavy (non-hydrogen) atoms. The molecule has 1 aliphatic rings. The first-order chi connectivity index (χ1) is 15.0. The van der Waals surface area contributed by atoms with Gasteiger partial charge in [-0.3, -0.25) is 9.80 Å². The third-order valence-corrected chi connectivity index (χ3v) is 5.28. The lowest BCUT2D eigenvalue weighted by Gasteiger charge is -2.34. The molecule has 3 heterocycles. The molecule has 0 radical (unpaired) electrons. The zero-order chi connectivity index (χ0) is 21.8. The highest BCUT2D eigenvalue weighted by molar-refractivity contribution is 5.57. The average molecular weight is 431 g/mol. The molecule has 10 heteroatoms. The fraction of sp³-hybridized carbons (Fsp3) is 0.476. The Hall–Kier alpha value is -2.82. The minimum Gasteiger partial charge on any atom is -0.488 e. The monoisotopic (exact) mass is 431 g/mol. The summed E-state index contributed by atoms with van der Waals surface area (Å²) in [5.41, 5.74) is 1.47. The summed E-state index contributed by atoms with van der Waals surface area (Å²) in [4.78, 5) is 8.88. The third-order valence-electron chi connectivity index (χ3n) is 5.28. The van der Waals surface area contributed by atoms with Crippen molar-refractivity contribution in [2.24, 2.45) is 0 Å². The van der Waals surface area contributed by atoms with Crippen LogP contribution >= 0.6 is 0 Å². The number of benzene rings is 1. The van der Waals surface area contributed by atoms with E-state index in [1.165, 1.54) is 6.07 Å². The molecule has 1 N–H and O–H groups in total. The van der Waals surface area contributed by atoms with Gasteiger partial charge in [-0.1, -0.05) is 22.4 Å². The third kappa shape index (κ3) is 5.27. The van der Waals surface area contributed by atoms with Crippen molar-refractivity contribution in [2.45, 2.75) is 26.5 Å². The van der Waals surface area contributed by atoms with Gasteiger partial charge >= 0.3 is 0 Å². The van der Waals surface area contributed by atoms with Crippen molar-refractivity contribution in [3.05, 3.63) is 47.4 Å². The van der Waals surface area contributed by atoms with Gasteiger partial charge in [0.2, 0.25) is 0 Å². The van der Waals surface area contributed by atoms with Crippen molar-refractivity contribution in [1.82, 2.24) is 25.1 Å². The minimum atomic E-state index is -0.694. The minimum absolute atomic E-state index is 0.0501. The average Bonchev–Trinajstić information content (AvgIpc) is 3.34. The van der Waals surface area contributed by atoms with Gasteiger partial charge in [-0.15, -0.1) is 0 Å². The van der Waals surface area contributed by atoms with E-state index in [-0.39, 0.29) is 12.4 Å². The highest BCUT2D eigenvalue weighted by Gasteiger charge is 2.23. The van der Waals surface area contributed by atoms with Crippen LogP contribution in [0.3, 0.4) is 0 Å². The molecule has 3 aromatic rings. The standard InChI is InChI=1S/C21H26FN5O4/c1-14-20(15(2)30-24-14)21-23-19(25-31-21)12-27-9-7-26(8-10-27)11-16(28)13-29-18-6-4-3-5-17(18)22/h3-6,16,28H,7-13H2,1-2H3/t16-/m1/s1. The summed E-state index contributed by atoms with van der Waals surface area (Å²) in [6.07, 6.45) is -0.694. The van der Waals surface area contributed by atoms with Crippen molar-refractivity contribution >= 4 is 0 Å². The van der Waals surface area contributed by atoms with Crippen LogP contribution in [0.2, 0.25) is 0 Å². The van der Waals surface area contributed by atoms with Gasteiger partial charge in [-0.25, -0.2) is 4.39 Å². The molecule has 2 aromatic heterocycles. The molecule has 1 atom stereocenters. The Balaban J connectivity index is 1.22. The first-order valence-electron chi connectivity index (χ1n) is 10.3. The number of nitrogens with zero attached hydrogens (tertiary/aromatic N) is 5. The van der Waals surface area contributed by atoms with E-state index in [4.69, 9.17) is 13.8 Å². The number of aliphatic hydroxyl groups is 1. The van der Waals surface area contributed by atoms with Gasteiger partial charge in [0.25, 0.3) is 5.89 Å². The zero-order valence-electron chi connectivity index (χ0n) is 17.6. The van der Waals surface area contributed by atoms with Crippen LogP contribution < -0.4 is 4.74 Å². The lowest BCUT2D eigenvalue weighted by Crippen LogP contribution is -2.48. The number of piperazine rings is 1. The molecule has 1 aromatic carbocycles. The summed E-state index contributed by atoms with van der Waals surface area (Å²) >= 11 is 0. The van der Waals surface area contributed by atoms with Gasteiger partial charge in [-0.05, 0) is 26.0 Å². The summed E-state index contributed by atoms with van der Waals surface area (Å²) in [6, 6.07) is 6.19. The lowest BCUT2D eigenvalue weighted by atomic mass is 10.2. The predicted octanol–water partition coefficient (Wildman–Crippen LogP) is 2.04. The van der Waals surface area contributed by atoms with Crippen molar-refractivity contribution in [1.29, 1.82) is 0 Å². The Morgan fingerprint density at radius 1 is 1.10 bits per heavy atom. The maximum atomic E-state index is 13.6. The summed E-state index contributed by atoms with van der Waals surface area (Å²) in [5, 5.41) is 18.2. The highest BCUT2D eigenvalue weighted by Crippen LogP contribution is 2.25. The van der Waals surface area contributed by atoms with Crippen molar-refractivity contribution in [3.8, 4) is 17.2 Å². The molecule has 0 saturated carbocycles. The van der Waals surface area contributed by atoms with Gasteiger partial charge in [0.05, 0.1) is 12.2 Å². The molecule has 1 saturated heterocycles. The van der Waals surface area contributed by atoms with Gasteiger partial charge in [-0.2, -0.15) is 4.98 Å². The first kappa shape index (κ1) is 21.4. The number of ether oxygens (including phenoxy) is 1. The molecule has 0 bridgehead atoms. The molecular formula is C21H26FN5O4. The van der Waals surface area contributed by atoms with Crippen LogP contribution in [0.1, 0.15) is 17.3 Å². The number of aliphatic hydroxyl groups excluding tert-OH is 1. The van der Waals surface area contributed by atoms with Gasteiger partial charge < -0.3 is 18.9 Å². The van der Waals surface area contributed by atoms with Gasteiger partial charge in [0.1, 0.15) is 24.0 Å². The van der Waals surface area contributed by atoms with Crippen molar-refractivity contribution < 1.29 is 23.3 Å². The molecule has 166 valence electrons. The molecule has 4 rings (SSSR count). The first-order valence-corrected chi connectivity index (χ1v) is 10.3. The Labute approximate surface area is 179 Å². The van der Waals surface area contributed by atoms with Crippen molar-refractivity contribution in [3.63, 3.8) is 0 Å². The van der Waals surface area contributed by atoms with Crippen LogP contribution in [0.25, 0.3) is 11.5 Å². The van der Waals surface area contributed by atoms with E-state index in [0.717, 1.165) is 37.4 Å². The summed E-state index contributed by atoms with van der Waals surface area (Å²) in [5.74, 6) is 1.41. The Morgan fingerprint density at radius 3 is 2.55 bits per heavy atom. The van der Waals surface area contributed by atoms with Crippen LogP contribution in [-0.2, 0) is 6.54 Å². The Bertz CT molecular complexity index is 980. The number of hydrogen-bond acceptors (Lipinski definition) is 9. The molecule has 0 aliphatic carbocycles. The van der Waals surface area contributed by atoms with E-state index in [1.807, 2.05) is 13.8 Å². The quantitative estimate of drug-likeness (QED) is 0.574. The number of aromatic nitrogens is 3. The summed E-state index contributed by atoms with van der Waals surface area (Å²) < 4.78 is 29.5. The summed E-state index contributed by atoms with van der Waals surface area (Å²) in [6.45, 7) is 7.98. The lowest BCUT2D eigenvalue weighted by molar-refractivity contribution is 0.0432. The van der Waals surface area contributed by atoms with E-state index in [0.29, 0.717) is 30.6 Å². The number of aryl methyl sites for hydroxylation is 2. The number of β-amino-alcohol motifs (C(OH)–C–C–N with tert-alkyl or cyclic N) is 1. The zero-order valence-corrected chi connectivity index (χ0v) is 17.6. The number of halogens is 1. The highest BCUT2D eigenvalue weighted by atomic mass is 19.1. The molecule has 0 amide bonds. The normalized spacial score (nSPS) is 16.5. The number of hydrogen-bond donors (Lipinski definition) is 1. The van der Waals surface area contributed by atoms with Crippen LogP contribution in [0, 0.1) is 19.7 Å². The number of para-hydroxylation sites is 1. The second-order valence-corrected chi connectivity index (χ2v) is 7.69. The fourth-order valence-corrected chi connectivity index (χ4v) is 3.64. The molecule has 1 fully saturated rings. The smallest absolute Gasteiger partial charge is 0.263 e. The molecule has 0 spiro atoms. The molecular weight excluding hydrogens is 405 g/mol. The van der Waals surface area contributed by atoms with E-state index >= 15 is 0 Å². The maximum Gasteiger partial charge on any atom is 0.263 e. The maximum absolute atomic E-state index is 13.6. The molecule has 9 nitrogen and oxygen atoms in total. The largest absolute Gasteiger partial charge is 0.488 e. The fourth-order valence-electron chi connectivity index (χ4n) is 3.64. The Kier molecular flexibility index (Phi) is 6.59. The summed E-state index contributed by atoms with van der Waals surface area (Å²) in [7, 11) is 0. The van der Waals surface area contributed by atoms with Crippen molar-refractivity contribution in [2.75, 3.05) is 39.3 Å². The second-order valence-electron chi connectivity index (χ2n) is 7.69. The predicted molar refractivity (Wildman–Crippen MR) is 109 cm³/mol. The van der Waals surface area contributed by atoms with E-state index < -0.39 is 11.9 Å². The van der Waals surface area contributed by atoms with E-state index in [1.54, 1.807) is 18.2 Å². The van der Waals surface area contributed by atoms with Gasteiger partial charge in [0, 0.05) is 32.7 Å². The van der Waals surface area contributed by atoms with Gasteiger partial charge in [0.15, 0.2) is 17.4 Å². The van der Waals surface area contributed by atoms with Crippen LogP contribution in [-0.4, -0.2) is 75.6 Å². The topological polar surface area (TPSA) is 101 Å². The van der Waals surface area contributed by atoms with E-state index in [9.17, 15) is 9.50 Å². The number of rotatable bonds is 8. The molecule has 1 aliphatic heterocycles. The van der Waals surface area contributed by atoms with E-state index in [2.05, 4.69) is 25.1 Å². The Morgan fingerprint density at radius 2 is 1.84 bits per heavy atom.